The number of nitrogens with zero attached hydrogens (tertiary/aromatic N) is 2. The van der Waals surface area contributed by atoms with Crippen LogP contribution < -0.4 is 9.96 Å². The molecule has 32 heavy (non-hydrogen) atoms. The third-order valence-electron chi connectivity index (χ3n) is 6.22. The van der Waals surface area contributed by atoms with E-state index in [-0.39, 0.29) is 5.91 Å². The van der Waals surface area contributed by atoms with Gasteiger partial charge in [-0.3, -0.25) is 9.69 Å². The van der Waals surface area contributed by atoms with E-state index in [1.165, 1.54) is 12.0 Å². The smallest absolute Gasteiger partial charge is 0.265 e. The van der Waals surface area contributed by atoms with Crippen molar-refractivity contribution in [2.24, 2.45) is 0 Å². The minimum absolute atomic E-state index is 0.0207. The molecule has 0 bridgehead atoms. The van der Waals surface area contributed by atoms with Crippen molar-refractivity contribution in [3.63, 3.8) is 0 Å². The maximum atomic E-state index is 14.3. The monoisotopic (exact) mass is 436 g/mol. The van der Waals surface area contributed by atoms with E-state index in [1.807, 2.05) is 114 Å². The molecule has 2 atom stereocenters. The Balaban J connectivity index is 1.66. The van der Waals surface area contributed by atoms with Crippen molar-refractivity contribution < 1.29 is 9.08 Å². The number of para-hydroxylation sites is 2. The summed E-state index contributed by atoms with van der Waals surface area (Å²) in [6.07, 6.45) is 0. The summed E-state index contributed by atoms with van der Waals surface area (Å²) in [5.74, 6) is -0.0207. The van der Waals surface area contributed by atoms with Crippen LogP contribution in [0.15, 0.2) is 121 Å². The van der Waals surface area contributed by atoms with Gasteiger partial charge in [-0.2, -0.15) is 4.28 Å². The van der Waals surface area contributed by atoms with Crippen LogP contribution in [0.5, 0.6) is 0 Å². The molecule has 2 aliphatic heterocycles. The maximum absolute atomic E-state index is 14.3. The lowest BCUT2D eigenvalue weighted by molar-refractivity contribution is -0.136. The Kier molecular flexibility index (Phi) is 4.35. The predicted molar refractivity (Wildman–Crippen MR) is 128 cm³/mol. The normalized spacial score (nSPS) is 24.2. The molecule has 4 aromatic rings. The summed E-state index contributed by atoms with van der Waals surface area (Å²) in [5.41, 5.74) is 2.53. The fraction of sp³-hybridized carbons (Fsp3) is 0.0741. The number of amides is 1. The number of anilines is 2. The molecule has 0 spiro atoms. The zero-order chi connectivity index (χ0) is 21.6. The molecule has 0 aromatic heterocycles. The van der Waals surface area contributed by atoms with E-state index in [9.17, 15) is 4.79 Å². The Hall–Kier alpha value is -3.54. The van der Waals surface area contributed by atoms with Gasteiger partial charge in [0.25, 0.3) is 5.91 Å². The highest BCUT2D eigenvalue weighted by atomic mass is 32.2. The number of benzene rings is 4. The third kappa shape index (κ3) is 2.35. The lowest BCUT2D eigenvalue weighted by Crippen LogP contribution is -2.79. The second-order valence-corrected chi connectivity index (χ2v) is 8.76. The molecule has 2 fully saturated rings. The number of carbonyl (C=O) groups is 1. The van der Waals surface area contributed by atoms with Gasteiger partial charge in [0.15, 0.2) is 4.87 Å². The van der Waals surface area contributed by atoms with Crippen LogP contribution in [0.1, 0.15) is 11.1 Å². The first-order chi connectivity index (χ1) is 15.8. The summed E-state index contributed by atoms with van der Waals surface area (Å²) in [6.45, 7) is 0. The Morgan fingerprint density at radius 3 is 1.62 bits per heavy atom. The zero-order valence-corrected chi connectivity index (χ0v) is 18.0. The Morgan fingerprint density at radius 2 is 1.06 bits per heavy atom. The average Bonchev–Trinajstić information content (AvgIpc) is 3.18. The maximum Gasteiger partial charge on any atom is 0.265 e. The Bertz CT molecular complexity index is 1250. The van der Waals surface area contributed by atoms with Gasteiger partial charge in [0, 0.05) is 5.69 Å². The summed E-state index contributed by atoms with van der Waals surface area (Å²) in [6, 6.07) is 39.8. The summed E-state index contributed by atoms with van der Waals surface area (Å²) in [5, 5.41) is 1.79. The first-order valence-electron chi connectivity index (χ1n) is 10.5. The molecule has 2 saturated heterocycles. The fourth-order valence-electron chi connectivity index (χ4n) is 4.87. The van der Waals surface area contributed by atoms with E-state index in [1.54, 1.807) is 5.06 Å². The largest absolute Gasteiger partial charge is 0.285 e. The molecule has 1 amide bonds. The highest BCUT2D eigenvalue weighted by molar-refractivity contribution is 7.96. The van der Waals surface area contributed by atoms with Crippen LogP contribution in [0, 0.1) is 0 Å². The number of hydrogen-bond acceptors (Lipinski definition) is 4. The second-order valence-electron chi connectivity index (χ2n) is 7.85. The van der Waals surface area contributed by atoms with E-state index in [0.29, 0.717) is 0 Å². The number of carbonyl (C=O) groups excluding carboxylic acids is 1. The van der Waals surface area contributed by atoms with E-state index in [4.69, 9.17) is 4.28 Å². The van der Waals surface area contributed by atoms with Crippen molar-refractivity contribution in [3.8, 4) is 0 Å². The summed E-state index contributed by atoms with van der Waals surface area (Å²) >= 11 is 1.33. The van der Waals surface area contributed by atoms with Crippen molar-refractivity contribution in [1.29, 1.82) is 0 Å². The molecule has 0 aliphatic carbocycles. The van der Waals surface area contributed by atoms with Gasteiger partial charge in [0.1, 0.15) is 0 Å². The SMILES string of the molecule is O=C1N(c2ccccc2)[C@@]2(c3ccccc3)SON(c3ccccc3)[C@@]12c1ccccc1. The molecule has 5 heteroatoms. The van der Waals surface area contributed by atoms with Crippen LogP contribution in [-0.4, -0.2) is 5.91 Å². The summed E-state index contributed by atoms with van der Waals surface area (Å²) in [4.78, 5) is 15.4. The number of fused-ring (bicyclic) bond motifs is 1. The van der Waals surface area contributed by atoms with Gasteiger partial charge in [0.2, 0.25) is 5.54 Å². The van der Waals surface area contributed by atoms with Crippen LogP contribution in [0.4, 0.5) is 11.4 Å². The minimum Gasteiger partial charge on any atom is -0.285 e. The predicted octanol–water partition coefficient (Wildman–Crippen LogP) is 5.88. The molecule has 0 saturated carbocycles. The lowest BCUT2D eigenvalue weighted by atomic mass is 9.68. The minimum atomic E-state index is -1.06. The molecule has 0 N–H and O–H groups in total. The van der Waals surface area contributed by atoms with Crippen LogP contribution in [0.25, 0.3) is 0 Å². The lowest BCUT2D eigenvalue weighted by Gasteiger charge is -2.60. The first-order valence-corrected chi connectivity index (χ1v) is 11.3. The molecule has 2 heterocycles. The van der Waals surface area contributed by atoms with E-state index in [2.05, 4.69) is 12.1 Å². The molecule has 4 nitrogen and oxygen atoms in total. The van der Waals surface area contributed by atoms with Gasteiger partial charge < -0.3 is 0 Å². The van der Waals surface area contributed by atoms with Crippen molar-refractivity contribution >= 4 is 29.3 Å². The molecule has 6 rings (SSSR count). The van der Waals surface area contributed by atoms with Crippen LogP contribution in [0.3, 0.4) is 0 Å². The molecule has 4 aromatic carbocycles. The van der Waals surface area contributed by atoms with Crippen molar-refractivity contribution in [3.05, 3.63) is 132 Å². The molecular weight excluding hydrogens is 416 g/mol. The van der Waals surface area contributed by atoms with Crippen LogP contribution in [-0.2, 0) is 19.5 Å². The number of rotatable bonds is 4. The highest BCUT2D eigenvalue weighted by Gasteiger charge is 2.81. The molecular formula is C27H20N2O2S. The Morgan fingerprint density at radius 1 is 0.594 bits per heavy atom. The van der Waals surface area contributed by atoms with E-state index in [0.717, 1.165) is 22.5 Å². The van der Waals surface area contributed by atoms with Gasteiger partial charge >= 0.3 is 0 Å². The molecule has 0 unspecified atom stereocenters. The number of hydroxylamine groups is 1. The number of β-lactam (4-membered cyclic amide) rings is 1. The quantitative estimate of drug-likeness (QED) is 0.295. The molecule has 0 radical (unpaired) electrons. The van der Waals surface area contributed by atoms with Gasteiger partial charge in [0.05, 0.1) is 17.7 Å². The first kappa shape index (κ1) is 19.2. The van der Waals surface area contributed by atoms with E-state index < -0.39 is 10.4 Å². The van der Waals surface area contributed by atoms with Crippen molar-refractivity contribution in [2.75, 3.05) is 9.96 Å². The van der Waals surface area contributed by atoms with Gasteiger partial charge in [-0.15, -0.1) is 0 Å². The standard InChI is InChI=1S/C27H20N2O2S/c30-25-26(21-13-5-1-6-14-21)27(22-15-7-2-8-16-22,28(25)23-17-9-3-10-18-23)32-31-29(26)24-19-11-4-12-20-24/h1-20H/t26-,27-/m0/s1. The highest BCUT2D eigenvalue weighted by Crippen LogP contribution is 2.70. The summed E-state index contributed by atoms with van der Waals surface area (Å²) < 4.78 is 6.35. The van der Waals surface area contributed by atoms with Crippen LogP contribution in [0.2, 0.25) is 0 Å². The number of hydrogen-bond donors (Lipinski definition) is 0. The van der Waals surface area contributed by atoms with Crippen LogP contribution >= 0.6 is 12.0 Å². The van der Waals surface area contributed by atoms with Gasteiger partial charge in [-0.25, -0.2) is 5.06 Å². The molecule has 2 aliphatic rings. The second kappa shape index (κ2) is 7.26. The van der Waals surface area contributed by atoms with Gasteiger partial charge in [-0.1, -0.05) is 97.1 Å². The van der Waals surface area contributed by atoms with Crippen molar-refractivity contribution in [2.45, 2.75) is 10.4 Å². The fourth-order valence-corrected chi connectivity index (χ4v) is 6.15. The Labute approximate surface area is 191 Å². The van der Waals surface area contributed by atoms with Crippen molar-refractivity contribution in [1.82, 2.24) is 0 Å². The average molecular weight is 437 g/mol. The zero-order valence-electron chi connectivity index (χ0n) is 17.2. The molecule has 156 valence electrons. The van der Waals surface area contributed by atoms with Gasteiger partial charge in [-0.05, 0) is 35.4 Å². The third-order valence-corrected chi connectivity index (χ3v) is 7.40. The summed E-state index contributed by atoms with van der Waals surface area (Å²) in [7, 11) is 0. The topological polar surface area (TPSA) is 32.8 Å². The van der Waals surface area contributed by atoms with E-state index >= 15 is 0 Å².